The van der Waals surface area contributed by atoms with Gasteiger partial charge in [0.25, 0.3) is 0 Å². The van der Waals surface area contributed by atoms with E-state index in [0.717, 1.165) is 36.2 Å². The Morgan fingerprint density at radius 3 is 3.11 bits per heavy atom. The predicted molar refractivity (Wildman–Crippen MR) is 74.6 cm³/mol. The highest BCUT2D eigenvalue weighted by atomic mass is 19.1. The van der Waals surface area contributed by atoms with E-state index in [2.05, 4.69) is 10.3 Å². The summed E-state index contributed by atoms with van der Waals surface area (Å²) in [6.07, 6.45) is 5.94. The number of aryl methyl sites for hydroxylation is 2. The minimum absolute atomic E-state index is 0.198. The molecule has 0 spiro atoms. The number of piperidine rings is 1. The molecular weight excluding hydrogens is 241 g/mol. The van der Waals surface area contributed by atoms with Gasteiger partial charge in [-0.15, -0.1) is 0 Å². The average molecular weight is 261 g/mol. The van der Waals surface area contributed by atoms with Gasteiger partial charge in [-0.2, -0.15) is 0 Å². The number of rotatable bonds is 3. The Hall–Kier alpha value is -1.42. The molecule has 1 aliphatic rings. The molecule has 1 atom stereocenters. The van der Waals surface area contributed by atoms with Gasteiger partial charge in [0.2, 0.25) is 0 Å². The van der Waals surface area contributed by atoms with Crippen molar-refractivity contribution in [1.82, 2.24) is 14.9 Å². The molecule has 1 N–H and O–H groups in total. The standard InChI is InChI=1S/C15H20FN3/c1-19-14-10-11(16)5-7-13(14)18-15(19)8-6-12-4-2-3-9-17-12/h5,7,10,12,17H,2-4,6,8-9H2,1H3. The zero-order chi connectivity index (χ0) is 13.2. The summed E-state index contributed by atoms with van der Waals surface area (Å²) in [7, 11) is 1.97. The predicted octanol–water partition coefficient (Wildman–Crippen LogP) is 2.79. The van der Waals surface area contributed by atoms with E-state index in [4.69, 9.17) is 0 Å². The Kier molecular flexibility index (Phi) is 3.51. The summed E-state index contributed by atoms with van der Waals surface area (Å²) in [5.74, 6) is 0.851. The number of halogens is 1. The number of fused-ring (bicyclic) bond motifs is 1. The van der Waals surface area contributed by atoms with Gasteiger partial charge in [-0.25, -0.2) is 9.37 Å². The molecule has 1 aromatic heterocycles. The maximum absolute atomic E-state index is 13.3. The Bertz CT molecular complexity index is 570. The van der Waals surface area contributed by atoms with Crippen molar-refractivity contribution in [2.24, 2.45) is 7.05 Å². The second-order valence-corrected chi connectivity index (χ2v) is 5.41. The number of imidazole rings is 1. The molecule has 1 aromatic carbocycles. The van der Waals surface area contributed by atoms with E-state index in [-0.39, 0.29) is 5.82 Å². The molecule has 0 amide bonds. The van der Waals surface area contributed by atoms with Crippen LogP contribution in [0.4, 0.5) is 4.39 Å². The third-order valence-electron chi connectivity index (χ3n) is 4.06. The van der Waals surface area contributed by atoms with Gasteiger partial charge in [0.15, 0.2) is 0 Å². The van der Waals surface area contributed by atoms with Crippen LogP contribution >= 0.6 is 0 Å². The lowest BCUT2D eigenvalue weighted by atomic mass is 10.0. The quantitative estimate of drug-likeness (QED) is 0.920. The fourth-order valence-electron chi connectivity index (χ4n) is 2.91. The van der Waals surface area contributed by atoms with Crippen molar-refractivity contribution in [3.8, 4) is 0 Å². The molecule has 0 saturated carbocycles. The van der Waals surface area contributed by atoms with E-state index in [1.807, 2.05) is 11.6 Å². The molecule has 0 bridgehead atoms. The number of hydrogen-bond acceptors (Lipinski definition) is 2. The van der Waals surface area contributed by atoms with Gasteiger partial charge in [0.05, 0.1) is 11.0 Å². The van der Waals surface area contributed by atoms with Crippen LogP contribution in [0.1, 0.15) is 31.5 Å². The topological polar surface area (TPSA) is 29.9 Å². The molecule has 3 nitrogen and oxygen atoms in total. The summed E-state index contributed by atoms with van der Waals surface area (Å²) in [6, 6.07) is 5.41. The first-order valence-electron chi connectivity index (χ1n) is 7.08. The molecule has 1 aliphatic heterocycles. The lowest BCUT2D eigenvalue weighted by Crippen LogP contribution is -2.34. The Balaban J connectivity index is 1.75. The van der Waals surface area contributed by atoms with Crippen LogP contribution in [0.2, 0.25) is 0 Å². The minimum atomic E-state index is -0.198. The highest BCUT2D eigenvalue weighted by molar-refractivity contribution is 5.75. The van der Waals surface area contributed by atoms with Crippen LogP contribution in [-0.4, -0.2) is 22.1 Å². The summed E-state index contributed by atoms with van der Waals surface area (Å²) < 4.78 is 15.3. The van der Waals surface area contributed by atoms with Crippen LogP contribution in [-0.2, 0) is 13.5 Å². The lowest BCUT2D eigenvalue weighted by molar-refractivity contribution is 0.380. The number of hydrogen-bond donors (Lipinski definition) is 1. The molecule has 1 saturated heterocycles. The van der Waals surface area contributed by atoms with Crippen LogP contribution in [0.3, 0.4) is 0 Å². The zero-order valence-electron chi connectivity index (χ0n) is 11.3. The number of nitrogens with zero attached hydrogens (tertiary/aromatic N) is 2. The molecule has 4 heteroatoms. The smallest absolute Gasteiger partial charge is 0.125 e. The first kappa shape index (κ1) is 12.6. The first-order valence-corrected chi connectivity index (χ1v) is 7.08. The fraction of sp³-hybridized carbons (Fsp3) is 0.533. The molecule has 0 radical (unpaired) electrons. The van der Waals surface area contributed by atoms with Gasteiger partial charge in [0, 0.05) is 19.5 Å². The van der Waals surface area contributed by atoms with Crippen molar-refractivity contribution < 1.29 is 4.39 Å². The largest absolute Gasteiger partial charge is 0.331 e. The highest BCUT2D eigenvalue weighted by Crippen LogP contribution is 2.19. The monoisotopic (exact) mass is 261 g/mol. The normalized spacial score (nSPS) is 20.0. The van der Waals surface area contributed by atoms with Gasteiger partial charge in [-0.1, -0.05) is 6.42 Å². The van der Waals surface area contributed by atoms with E-state index in [1.54, 1.807) is 12.1 Å². The van der Waals surface area contributed by atoms with Crippen LogP contribution in [0.5, 0.6) is 0 Å². The summed E-state index contributed by atoms with van der Waals surface area (Å²) in [5.41, 5.74) is 1.77. The Labute approximate surface area is 112 Å². The summed E-state index contributed by atoms with van der Waals surface area (Å²) >= 11 is 0. The second kappa shape index (κ2) is 5.29. The van der Waals surface area contributed by atoms with Crippen LogP contribution in [0, 0.1) is 5.82 Å². The van der Waals surface area contributed by atoms with E-state index < -0.39 is 0 Å². The van der Waals surface area contributed by atoms with E-state index in [1.165, 1.54) is 25.3 Å². The molecule has 0 aliphatic carbocycles. The van der Waals surface area contributed by atoms with E-state index in [0.29, 0.717) is 6.04 Å². The first-order chi connectivity index (χ1) is 9.24. The van der Waals surface area contributed by atoms with Crippen molar-refractivity contribution in [1.29, 1.82) is 0 Å². The fourth-order valence-corrected chi connectivity index (χ4v) is 2.91. The maximum Gasteiger partial charge on any atom is 0.125 e. The van der Waals surface area contributed by atoms with E-state index >= 15 is 0 Å². The molecule has 2 heterocycles. The maximum atomic E-state index is 13.3. The van der Waals surface area contributed by atoms with Gasteiger partial charge in [-0.05, 0) is 44.0 Å². The van der Waals surface area contributed by atoms with Crippen molar-refractivity contribution in [3.63, 3.8) is 0 Å². The van der Waals surface area contributed by atoms with E-state index in [9.17, 15) is 4.39 Å². The van der Waals surface area contributed by atoms with Crippen LogP contribution < -0.4 is 5.32 Å². The van der Waals surface area contributed by atoms with Crippen LogP contribution in [0.15, 0.2) is 18.2 Å². The third kappa shape index (κ3) is 2.63. The van der Waals surface area contributed by atoms with Crippen molar-refractivity contribution in [2.45, 2.75) is 38.1 Å². The third-order valence-corrected chi connectivity index (χ3v) is 4.06. The minimum Gasteiger partial charge on any atom is -0.331 e. The molecule has 3 rings (SSSR count). The molecule has 2 aromatic rings. The van der Waals surface area contributed by atoms with Crippen molar-refractivity contribution in [2.75, 3.05) is 6.54 Å². The SMILES string of the molecule is Cn1c(CCC2CCCCN2)nc2ccc(F)cc21. The van der Waals surface area contributed by atoms with Crippen molar-refractivity contribution >= 4 is 11.0 Å². The lowest BCUT2D eigenvalue weighted by Gasteiger charge is -2.23. The highest BCUT2D eigenvalue weighted by Gasteiger charge is 2.14. The van der Waals surface area contributed by atoms with Crippen LogP contribution in [0.25, 0.3) is 11.0 Å². The van der Waals surface area contributed by atoms with Gasteiger partial charge < -0.3 is 9.88 Å². The average Bonchev–Trinajstić information content (AvgIpc) is 2.74. The molecule has 19 heavy (non-hydrogen) atoms. The molecule has 1 unspecified atom stereocenters. The second-order valence-electron chi connectivity index (χ2n) is 5.41. The zero-order valence-corrected chi connectivity index (χ0v) is 11.3. The van der Waals surface area contributed by atoms with Gasteiger partial charge >= 0.3 is 0 Å². The summed E-state index contributed by atoms with van der Waals surface area (Å²) in [6.45, 7) is 1.14. The van der Waals surface area contributed by atoms with Gasteiger partial charge in [-0.3, -0.25) is 0 Å². The summed E-state index contributed by atoms with van der Waals surface area (Å²) in [5, 5.41) is 3.55. The molecular formula is C15H20FN3. The van der Waals surface area contributed by atoms with Crippen molar-refractivity contribution in [3.05, 3.63) is 29.8 Å². The molecule has 102 valence electrons. The summed E-state index contributed by atoms with van der Waals surface area (Å²) in [4.78, 5) is 4.61. The number of aromatic nitrogens is 2. The Morgan fingerprint density at radius 1 is 1.42 bits per heavy atom. The Morgan fingerprint density at radius 2 is 2.32 bits per heavy atom. The number of benzene rings is 1. The number of nitrogens with one attached hydrogen (secondary N) is 1. The molecule has 1 fully saturated rings. The van der Waals surface area contributed by atoms with Gasteiger partial charge in [0.1, 0.15) is 11.6 Å².